The molecule has 0 unspecified atom stereocenters. The number of carbonyl (C=O) groups is 2. The molecule has 98 valence electrons. The van der Waals surface area contributed by atoms with E-state index < -0.39 is 11.8 Å². The second-order valence-electron chi connectivity index (χ2n) is 3.84. The Balaban J connectivity index is 3.39. The van der Waals surface area contributed by atoms with Gasteiger partial charge in [-0.2, -0.15) is 0 Å². The van der Waals surface area contributed by atoms with Crippen molar-refractivity contribution in [3.05, 3.63) is 34.4 Å². The molecule has 0 aliphatic heterocycles. The number of aliphatic hydroxyl groups excluding tert-OH is 2. The minimum absolute atomic E-state index is 0.144. The Hall–Kier alpha value is -1.92. The van der Waals surface area contributed by atoms with Gasteiger partial charge in [-0.1, -0.05) is 6.07 Å². The third kappa shape index (κ3) is 3.06. The van der Waals surface area contributed by atoms with Crippen LogP contribution in [0.15, 0.2) is 12.1 Å². The summed E-state index contributed by atoms with van der Waals surface area (Å²) < 4.78 is 0. The van der Waals surface area contributed by atoms with E-state index in [2.05, 4.69) is 0 Å². The third-order valence-corrected chi connectivity index (χ3v) is 2.62. The predicted molar refractivity (Wildman–Crippen MR) is 65.1 cm³/mol. The quantitative estimate of drug-likeness (QED) is 0.515. The second-order valence-corrected chi connectivity index (χ2v) is 3.84. The fraction of sp³-hybridized carbons (Fsp3) is 0.333. The van der Waals surface area contributed by atoms with Crippen LogP contribution in [0.4, 0.5) is 0 Å². The molecule has 1 aromatic rings. The van der Waals surface area contributed by atoms with Gasteiger partial charge in [0.2, 0.25) is 11.8 Å². The number of amides is 2. The zero-order chi connectivity index (χ0) is 13.7. The van der Waals surface area contributed by atoms with Crippen LogP contribution in [0.1, 0.15) is 31.8 Å². The van der Waals surface area contributed by atoms with Crippen LogP contribution in [0.25, 0.3) is 0 Å². The van der Waals surface area contributed by atoms with E-state index in [1.165, 1.54) is 6.07 Å². The monoisotopic (exact) mass is 252 g/mol. The molecular weight excluding hydrogens is 236 g/mol. The van der Waals surface area contributed by atoms with Gasteiger partial charge < -0.3 is 21.7 Å². The van der Waals surface area contributed by atoms with Crippen LogP contribution < -0.4 is 11.5 Å². The summed E-state index contributed by atoms with van der Waals surface area (Å²) in [6, 6.07) is 2.90. The van der Waals surface area contributed by atoms with Crippen molar-refractivity contribution < 1.29 is 19.8 Å². The summed E-state index contributed by atoms with van der Waals surface area (Å²) in [7, 11) is 0. The molecule has 0 aliphatic carbocycles. The Morgan fingerprint density at radius 3 is 1.56 bits per heavy atom. The highest BCUT2D eigenvalue weighted by molar-refractivity contribution is 6.00. The van der Waals surface area contributed by atoms with Crippen LogP contribution in [0.2, 0.25) is 0 Å². The van der Waals surface area contributed by atoms with E-state index >= 15 is 0 Å². The molecule has 0 aromatic heterocycles. The van der Waals surface area contributed by atoms with E-state index in [1.54, 1.807) is 6.07 Å². The number of nitrogens with two attached hydrogens (primary N) is 2. The maximum absolute atomic E-state index is 11.3. The Kier molecular flexibility index (Phi) is 4.82. The van der Waals surface area contributed by atoms with Crippen molar-refractivity contribution in [3.63, 3.8) is 0 Å². The minimum Gasteiger partial charge on any atom is -0.396 e. The van der Waals surface area contributed by atoms with Crippen molar-refractivity contribution in [1.82, 2.24) is 0 Å². The average molecular weight is 252 g/mol. The molecule has 6 N–H and O–H groups in total. The van der Waals surface area contributed by atoms with Crippen LogP contribution in [0.3, 0.4) is 0 Å². The number of benzene rings is 1. The highest BCUT2D eigenvalue weighted by Gasteiger charge is 2.16. The molecule has 6 nitrogen and oxygen atoms in total. The summed E-state index contributed by atoms with van der Waals surface area (Å²) in [6.45, 7) is -0.288. The summed E-state index contributed by atoms with van der Waals surface area (Å²) in [4.78, 5) is 22.6. The zero-order valence-electron chi connectivity index (χ0n) is 9.85. The molecule has 2 amide bonds. The maximum atomic E-state index is 11.3. The van der Waals surface area contributed by atoms with E-state index in [4.69, 9.17) is 21.7 Å². The molecule has 1 aromatic carbocycles. The molecule has 0 radical (unpaired) electrons. The summed E-state index contributed by atoms with van der Waals surface area (Å²) >= 11 is 0. The average Bonchev–Trinajstić information content (AvgIpc) is 2.29. The highest BCUT2D eigenvalue weighted by atomic mass is 16.3. The van der Waals surface area contributed by atoms with Crippen molar-refractivity contribution in [3.8, 4) is 0 Å². The first kappa shape index (κ1) is 14.1. The van der Waals surface area contributed by atoms with Gasteiger partial charge in [-0.3, -0.25) is 9.59 Å². The van der Waals surface area contributed by atoms with Crippen LogP contribution >= 0.6 is 0 Å². The lowest BCUT2D eigenvalue weighted by atomic mass is 9.94. The number of rotatable bonds is 6. The number of primary amides is 2. The first-order valence-corrected chi connectivity index (χ1v) is 5.48. The SMILES string of the molecule is NC(=O)c1cc(C(N)=O)c(CCO)cc1CCO. The van der Waals surface area contributed by atoms with Crippen molar-refractivity contribution in [2.75, 3.05) is 13.2 Å². The van der Waals surface area contributed by atoms with Crippen molar-refractivity contribution in [1.29, 1.82) is 0 Å². The van der Waals surface area contributed by atoms with Gasteiger partial charge in [0, 0.05) is 24.3 Å². The summed E-state index contributed by atoms with van der Waals surface area (Å²) in [5.74, 6) is -1.37. The van der Waals surface area contributed by atoms with Gasteiger partial charge in [0.1, 0.15) is 0 Å². The largest absolute Gasteiger partial charge is 0.396 e. The van der Waals surface area contributed by atoms with Gasteiger partial charge >= 0.3 is 0 Å². The summed E-state index contributed by atoms with van der Waals surface area (Å²) in [5.41, 5.74) is 11.8. The fourth-order valence-corrected chi connectivity index (χ4v) is 1.81. The van der Waals surface area contributed by atoms with Gasteiger partial charge in [-0.25, -0.2) is 0 Å². The first-order chi connectivity index (χ1) is 8.51. The van der Waals surface area contributed by atoms with Crippen molar-refractivity contribution in [2.24, 2.45) is 11.5 Å². The number of hydrogen-bond acceptors (Lipinski definition) is 4. The Morgan fingerprint density at radius 1 is 0.889 bits per heavy atom. The summed E-state index contributed by atoms with van der Waals surface area (Å²) in [6.07, 6.45) is 0.492. The number of hydrogen-bond donors (Lipinski definition) is 4. The smallest absolute Gasteiger partial charge is 0.249 e. The van der Waals surface area contributed by atoms with Gasteiger partial charge in [0.25, 0.3) is 0 Å². The van der Waals surface area contributed by atoms with Gasteiger partial charge in [-0.15, -0.1) is 0 Å². The van der Waals surface area contributed by atoms with Gasteiger partial charge in [-0.05, 0) is 30.0 Å². The third-order valence-electron chi connectivity index (χ3n) is 2.62. The van der Waals surface area contributed by atoms with Crippen LogP contribution in [0.5, 0.6) is 0 Å². The number of aliphatic hydroxyl groups is 2. The van der Waals surface area contributed by atoms with E-state index in [0.717, 1.165) is 0 Å². The molecule has 18 heavy (non-hydrogen) atoms. The van der Waals surface area contributed by atoms with E-state index in [1.807, 2.05) is 0 Å². The normalized spacial score (nSPS) is 10.3. The highest BCUT2D eigenvalue weighted by Crippen LogP contribution is 2.18. The van der Waals surface area contributed by atoms with Crippen LogP contribution in [0, 0.1) is 0 Å². The molecular formula is C12H16N2O4. The number of carbonyl (C=O) groups excluding carboxylic acids is 2. The van der Waals surface area contributed by atoms with Crippen molar-refractivity contribution in [2.45, 2.75) is 12.8 Å². The van der Waals surface area contributed by atoms with Crippen LogP contribution in [-0.4, -0.2) is 35.2 Å². The minimum atomic E-state index is -0.684. The molecule has 0 saturated heterocycles. The molecule has 0 bridgehead atoms. The Morgan fingerprint density at radius 2 is 1.28 bits per heavy atom. The van der Waals surface area contributed by atoms with Crippen LogP contribution in [-0.2, 0) is 12.8 Å². The van der Waals surface area contributed by atoms with Crippen molar-refractivity contribution >= 4 is 11.8 Å². The van der Waals surface area contributed by atoms with E-state index in [0.29, 0.717) is 11.1 Å². The van der Waals surface area contributed by atoms with Gasteiger partial charge in [0.15, 0.2) is 0 Å². The fourth-order valence-electron chi connectivity index (χ4n) is 1.81. The van der Waals surface area contributed by atoms with E-state index in [9.17, 15) is 9.59 Å². The molecule has 0 heterocycles. The Bertz CT molecular complexity index is 432. The molecule has 0 aliphatic rings. The molecule has 0 fully saturated rings. The second kappa shape index (κ2) is 6.13. The topological polar surface area (TPSA) is 127 Å². The molecule has 0 saturated carbocycles. The lowest BCUT2D eigenvalue weighted by Gasteiger charge is -2.12. The maximum Gasteiger partial charge on any atom is 0.249 e. The Labute approximate surface area is 104 Å². The summed E-state index contributed by atoms with van der Waals surface area (Å²) in [5, 5.41) is 17.9. The van der Waals surface area contributed by atoms with E-state index in [-0.39, 0.29) is 37.2 Å². The molecule has 0 spiro atoms. The molecule has 6 heteroatoms. The molecule has 0 atom stereocenters. The van der Waals surface area contributed by atoms with Gasteiger partial charge in [0.05, 0.1) is 0 Å². The lowest BCUT2D eigenvalue weighted by Crippen LogP contribution is -2.20. The predicted octanol–water partition coefficient (Wildman–Crippen LogP) is -1.05. The zero-order valence-corrected chi connectivity index (χ0v) is 9.85. The first-order valence-electron chi connectivity index (χ1n) is 5.48. The molecule has 1 rings (SSSR count). The lowest BCUT2D eigenvalue weighted by molar-refractivity contribution is 0.0998. The standard InChI is InChI=1S/C12H16N2O4/c13-11(17)9-6-10(12(14)18)8(2-4-16)5-7(9)1-3-15/h5-6,15-16H,1-4H2,(H2,13,17)(H2,14,18).